The number of carbonyl (C=O) groups is 5. The highest BCUT2D eigenvalue weighted by molar-refractivity contribution is 5.92. The number of likely N-dealkylation sites (N-methyl/N-ethyl adjacent to an activating group) is 1. The summed E-state index contributed by atoms with van der Waals surface area (Å²) in [5.74, 6) is -4.18. The van der Waals surface area contributed by atoms with E-state index >= 15 is 0 Å². The van der Waals surface area contributed by atoms with Gasteiger partial charge in [-0.1, -0.05) is 51.1 Å². The van der Waals surface area contributed by atoms with Crippen LogP contribution >= 0.6 is 0 Å². The smallest absolute Gasteiger partial charge is 0.410 e. The van der Waals surface area contributed by atoms with E-state index in [4.69, 9.17) is 14.2 Å². The quantitative estimate of drug-likeness (QED) is 0.298. The minimum absolute atomic E-state index is 0.0246. The van der Waals surface area contributed by atoms with Gasteiger partial charge in [0.25, 0.3) is 0 Å². The summed E-state index contributed by atoms with van der Waals surface area (Å²) in [6, 6.07) is 9.44. The standard InChI is InChI=1S/C39H52F2N4O8/c1-24(43(8)37(50)53-39(5,6)7)35(48)42-34(38(2,3)4)36(49)44-19-18-30-33(44)26(23-51-27-14-15-28(40)29(41)20-27)21-45(30)31(46)16-17-32(47)52-22-25-12-10-9-11-13-25/h9-15,20,24,26,30,33-34H,16-19,21-23H2,1-8H3,(H,42,48)/t24-,26+,30+,33+,34+/m0/s1. The third kappa shape index (κ3) is 10.7. The highest BCUT2D eigenvalue weighted by Crippen LogP contribution is 2.38. The van der Waals surface area contributed by atoms with E-state index in [0.717, 1.165) is 17.7 Å². The Morgan fingerprint density at radius 3 is 2.25 bits per heavy atom. The number of likely N-dealkylation sites (tertiary alicyclic amines) is 2. The second-order valence-electron chi connectivity index (χ2n) is 15.8. The Hall–Kier alpha value is -4.75. The van der Waals surface area contributed by atoms with Crippen molar-refractivity contribution in [1.29, 1.82) is 0 Å². The summed E-state index contributed by atoms with van der Waals surface area (Å²) < 4.78 is 44.3. The number of esters is 1. The lowest BCUT2D eigenvalue weighted by Crippen LogP contribution is -2.60. The average molecular weight is 743 g/mol. The number of fused-ring (bicyclic) bond motifs is 1. The average Bonchev–Trinajstić information content (AvgIpc) is 3.68. The van der Waals surface area contributed by atoms with Crippen LogP contribution in [0.15, 0.2) is 48.5 Å². The first-order chi connectivity index (χ1) is 24.8. The maximum absolute atomic E-state index is 14.5. The predicted octanol–water partition coefficient (Wildman–Crippen LogP) is 5.08. The lowest BCUT2D eigenvalue weighted by Gasteiger charge is -2.38. The Morgan fingerprint density at radius 2 is 1.62 bits per heavy atom. The van der Waals surface area contributed by atoms with Crippen LogP contribution < -0.4 is 10.1 Å². The molecule has 2 aliphatic rings. The molecule has 2 aromatic rings. The summed E-state index contributed by atoms with van der Waals surface area (Å²) in [6.07, 6.45) is -0.493. The summed E-state index contributed by atoms with van der Waals surface area (Å²) in [5.41, 5.74) is -0.713. The van der Waals surface area contributed by atoms with Crippen LogP contribution in [0, 0.1) is 23.0 Å². The molecular weight excluding hydrogens is 690 g/mol. The molecule has 4 rings (SSSR count). The Kier molecular flexibility index (Phi) is 13.1. The number of ether oxygens (including phenoxy) is 3. The van der Waals surface area contributed by atoms with Crippen molar-refractivity contribution in [2.75, 3.05) is 26.7 Å². The molecule has 2 aromatic carbocycles. The van der Waals surface area contributed by atoms with Crippen LogP contribution in [0.5, 0.6) is 5.75 Å². The number of halogens is 2. The molecule has 0 saturated carbocycles. The number of amides is 4. The first-order valence-corrected chi connectivity index (χ1v) is 17.9. The molecular formula is C39H52F2N4O8. The molecule has 0 aromatic heterocycles. The van der Waals surface area contributed by atoms with Crippen molar-refractivity contribution >= 4 is 29.8 Å². The van der Waals surface area contributed by atoms with E-state index < -0.39 is 70.7 Å². The zero-order chi connectivity index (χ0) is 39.2. The normalized spacial score (nSPS) is 19.5. The van der Waals surface area contributed by atoms with Crippen LogP contribution in [0.2, 0.25) is 0 Å². The molecule has 0 radical (unpaired) electrons. The van der Waals surface area contributed by atoms with Crippen LogP contribution in [-0.2, 0) is 35.3 Å². The number of hydrogen-bond acceptors (Lipinski definition) is 8. The molecule has 0 unspecified atom stereocenters. The lowest BCUT2D eigenvalue weighted by atomic mass is 9.85. The second kappa shape index (κ2) is 16.9. The molecule has 290 valence electrons. The Bertz CT molecular complexity index is 1640. The Labute approximate surface area is 310 Å². The van der Waals surface area contributed by atoms with Gasteiger partial charge in [-0.2, -0.15) is 0 Å². The fourth-order valence-corrected chi connectivity index (χ4v) is 6.58. The molecule has 2 heterocycles. The third-order valence-corrected chi connectivity index (χ3v) is 9.52. The van der Waals surface area contributed by atoms with Crippen LogP contribution in [0.25, 0.3) is 0 Å². The van der Waals surface area contributed by atoms with E-state index in [2.05, 4.69) is 5.32 Å². The van der Waals surface area contributed by atoms with Crippen molar-refractivity contribution in [3.63, 3.8) is 0 Å². The fraction of sp³-hybridized carbons (Fsp3) is 0.564. The van der Waals surface area contributed by atoms with E-state index in [0.29, 0.717) is 6.42 Å². The van der Waals surface area contributed by atoms with Crippen molar-refractivity contribution in [2.24, 2.45) is 11.3 Å². The molecule has 12 nitrogen and oxygen atoms in total. The van der Waals surface area contributed by atoms with Crippen molar-refractivity contribution in [3.05, 3.63) is 65.7 Å². The fourth-order valence-electron chi connectivity index (χ4n) is 6.58. The monoisotopic (exact) mass is 742 g/mol. The predicted molar refractivity (Wildman–Crippen MR) is 191 cm³/mol. The second-order valence-corrected chi connectivity index (χ2v) is 15.8. The third-order valence-electron chi connectivity index (χ3n) is 9.52. The molecule has 0 bridgehead atoms. The highest BCUT2D eigenvalue weighted by Gasteiger charge is 2.53. The summed E-state index contributed by atoms with van der Waals surface area (Å²) in [7, 11) is 1.45. The van der Waals surface area contributed by atoms with Gasteiger partial charge in [-0.05, 0) is 57.2 Å². The van der Waals surface area contributed by atoms with Gasteiger partial charge in [0.2, 0.25) is 17.7 Å². The van der Waals surface area contributed by atoms with Crippen LogP contribution in [-0.4, -0.2) is 101 Å². The van der Waals surface area contributed by atoms with Gasteiger partial charge in [0.15, 0.2) is 11.6 Å². The van der Waals surface area contributed by atoms with E-state index in [-0.39, 0.29) is 56.7 Å². The SMILES string of the molecule is C[C@@H](C(=O)N[C@H](C(=O)N1CC[C@@H]2[C@H]1[C@@H](COc1ccc(F)c(F)c1)CN2C(=O)CCC(=O)OCc1ccccc1)C(C)(C)C)N(C)C(=O)OC(C)(C)C. The molecule has 2 saturated heterocycles. The van der Waals surface area contributed by atoms with Crippen molar-refractivity contribution in [2.45, 2.75) is 104 Å². The summed E-state index contributed by atoms with van der Waals surface area (Å²) in [5, 5.41) is 2.87. The van der Waals surface area contributed by atoms with Gasteiger partial charge < -0.3 is 29.3 Å². The molecule has 1 N–H and O–H groups in total. The first kappa shape index (κ1) is 41.0. The molecule has 53 heavy (non-hydrogen) atoms. The van der Waals surface area contributed by atoms with Crippen LogP contribution in [0.1, 0.15) is 73.3 Å². The minimum atomic E-state index is -1.07. The number of nitrogens with one attached hydrogen (secondary N) is 1. The highest BCUT2D eigenvalue weighted by atomic mass is 19.2. The van der Waals surface area contributed by atoms with Gasteiger partial charge in [-0.15, -0.1) is 0 Å². The maximum Gasteiger partial charge on any atom is 0.410 e. The van der Waals surface area contributed by atoms with E-state index in [9.17, 15) is 32.8 Å². The Balaban J connectivity index is 1.51. The number of benzene rings is 2. The van der Waals surface area contributed by atoms with Gasteiger partial charge in [0, 0.05) is 38.5 Å². The first-order valence-electron chi connectivity index (χ1n) is 17.9. The van der Waals surface area contributed by atoms with E-state index in [1.54, 1.807) is 37.5 Å². The van der Waals surface area contributed by atoms with E-state index in [1.165, 1.54) is 18.0 Å². The molecule has 5 atom stereocenters. The molecule has 2 fully saturated rings. The maximum atomic E-state index is 14.5. The largest absolute Gasteiger partial charge is 0.493 e. The van der Waals surface area contributed by atoms with Gasteiger partial charge in [-0.25, -0.2) is 13.6 Å². The Morgan fingerprint density at radius 1 is 0.943 bits per heavy atom. The zero-order valence-electron chi connectivity index (χ0n) is 31.8. The number of rotatable bonds is 12. The van der Waals surface area contributed by atoms with Crippen molar-refractivity contribution in [1.82, 2.24) is 20.0 Å². The van der Waals surface area contributed by atoms with Gasteiger partial charge in [0.05, 0.1) is 25.1 Å². The number of nitrogens with zero attached hydrogens (tertiary/aromatic N) is 3. The summed E-state index contributed by atoms with van der Waals surface area (Å²) in [4.78, 5) is 71.4. The summed E-state index contributed by atoms with van der Waals surface area (Å²) in [6.45, 7) is 12.7. The lowest BCUT2D eigenvalue weighted by molar-refractivity contribution is -0.147. The van der Waals surface area contributed by atoms with Gasteiger partial charge >= 0.3 is 12.1 Å². The van der Waals surface area contributed by atoms with Gasteiger partial charge in [0.1, 0.15) is 30.0 Å². The number of hydrogen-bond donors (Lipinski definition) is 1. The molecule has 14 heteroatoms. The summed E-state index contributed by atoms with van der Waals surface area (Å²) >= 11 is 0. The van der Waals surface area contributed by atoms with Crippen molar-refractivity contribution < 1.29 is 47.0 Å². The van der Waals surface area contributed by atoms with Crippen molar-refractivity contribution in [3.8, 4) is 5.75 Å². The van der Waals surface area contributed by atoms with Crippen LogP contribution in [0.3, 0.4) is 0 Å². The molecule has 0 spiro atoms. The van der Waals surface area contributed by atoms with Crippen LogP contribution in [0.4, 0.5) is 13.6 Å². The molecule has 0 aliphatic carbocycles. The molecule has 4 amide bonds. The van der Waals surface area contributed by atoms with Gasteiger partial charge in [-0.3, -0.25) is 24.1 Å². The molecule has 2 aliphatic heterocycles. The zero-order valence-corrected chi connectivity index (χ0v) is 31.8. The number of carbonyl (C=O) groups excluding carboxylic acids is 5. The minimum Gasteiger partial charge on any atom is -0.493 e. The van der Waals surface area contributed by atoms with E-state index in [1.807, 2.05) is 51.1 Å². The topological polar surface area (TPSA) is 135 Å².